The predicted molar refractivity (Wildman–Crippen MR) is 62.7 cm³/mol. The van der Waals surface area contributed by atoms with Crippen molar-refractivity contribution in [3.05, 3.63) is 29.8 Å². The molecule has 1 aromatic carbocycles. The molecule has 0 aromatic heterocycles. The van der Waals surface area contributed by atoms with Gasteiger partial charge in [-0.15, -0.1) is 0 Å². The van der Waals surface area contributed by atoms with E-state index in [0.717, 1.165) is 12.0 Å². The number of carbonyl (C=O) groups excluding carboxylic acids is 1. The summed E-state index contributed by atoms with van der Waals surface area (Å²) in [5.41, 5.74) is 0.598. The topological polar surface area (TPSA) is 35.5 Å². The Morgan fingerprint density at radius 3 is 2.56 bits per heavy atom. The molecule has 0 radical (unpaired) electrons. The lowest BCUT2D eigenvalue weighted by Gasteiger charge is -2.18. The summed E-state index contributed by atoms with van der Waals surface area (Å²) in [5, 5.41) is 0. The van der Waals surface area contributed by atoms with Crippen LogP contribution in [0, 0.1) is 0 Å². The van der Waals surface area contributed by atoms with E-state index in [1.807, 2.05) is 25.1 Å². The van der Waals surface area contributed by atoms with Crippen LogP contribution in [-0.2, 0) is 11.2 Å². The molecule has 3 nitrogen and oxygen atoms in total. The zero-order valence-electron chi connectivity index (χ0n) is 10.2. The van der Waals surface area contributed by atoms with Gasteiger partial charge in [0.1, 0.15) is 11.4 Å². The first-order valence-corrected chi connectivity index (χ1v) is 5.40. The summed E-state index contributed by atoms with van der Waals surface area (Å²) in [7, 11) is 0. The van der Waals surface area contributed by atoms with Crippen LogP contribution in [0.15, 0.2) is 24.3 Å². The van der Waals surface area contributed by atoms with Gasteiger partial charge in [-0.2, -0.15) is 0 Å². The average molecular weight is 222 g/mol. The SMILES string of the molecule is CCc1cccc(OC(=O)OC(C)(C)C)c1. The van der Waals surface area contributed by atoms with E-state index in [0.29, 0.717) is 5.75 Å². The van der Waals surface area contributed by atoms with Crippen molar-refractivity contribution in [3.63, 3.8) is 0 Å². The van der Waals surface area contributed by atoms with Crippen LogP contribution in [0.2, 0.25) is 0 Å². The van der Waals surface area contributed by atoms with Crippen molar-refractivity contribution in [2.45, 2.75) is 39.7 Å². The highest BCUT2D eigenvalue weighted by Gasteiger charge is 2.17. The van der Waals surface area contributed by atoms with Gasteiger partial charge in [-0.05, 0) is 44.9 Å². The van der Waals surface area contributed by atoms with E-state index in [9.17, 15) is 4.79 Å². The van der Waals surface area contributed by atoms with Crippen molar-refractivity contribution < 1.29 is 14.3 Å². The Morgan fingerprint density at radius 1 is 1.31 bits per heavy atom. The number of hydrogen-bond donors (Lipinski definition) is 0. The summed E-state index contributed by atoms with van der Waals surface area (Å²) in [4.78, 5) is 11.4. The smallest absolute Gasteiger partial charge is 0.428 e. The molecule has 0 bridgehead atoms. The van der Waals surface area contributed by atoms with Gasteiger partial charge in [-0.3, -0.25) is 0 Å². The first kappa shape index (κ1) is 12.6. The van der Waals surface area contributed by atoms with Crippen LogP contribution in [0.3, 0.4) is 0 Å². The Morgan fingerprint density at radius 2 is 2.00 bits per heavy atom. The Labute approximate surface area is 96.4 Å². The monoisotopic (exact) mass is 222 g/mol. The van der Waals surface area contributed by atoms with Crippen LogP contribution in [0.5, 0.6) is 5.75 Å². The van der Waals surface area contributed by atoms with Gasteiger partial charge in [0, 0.05) is 0 Å². The number of ether oxygens (including phenoxy) is 2. The predicted octanol–water partition coefficient (Wildman–Crippen LogP) is 3.56. The van der Waals surface area contributed by atoms with E-state index in [-0.39, 0.29) is 0 Å². The minimum Gasteiger partial charge on any atom is -0.428 e. The average Bonchev–Trinajstić information content (AvgIpc) is 2.15. The second-order valence-electron chi connectivity index (χ2n) is 4.57. The van der Waals surface area contributed by atoms with Gasteiger partial charge in [0.15, 0.2) is 0 Å². The van der Waals surface area contributed by atoms with Crippen molar-refractivity contribution in [2.24, 2.45) is 0 Å². The van der Waals surface area contributed by atoms with Gasteiger partial charge < -0.3 is 9.47 Å². The van der Waals surface area contributed by atoms with Crippen molar-refractivity contribution in [1.29, 1.82) is 0 Å². The van der Waals surface area contributed by atoms with E-state index in [1.54, 1.807) is 26.8 Å². The minimum absolute atomic E-state index is 0.522. The first-order valence-electron chi connectivity index (χ1n) is 5.40. The van der Waals surface area contributed by atoms with E-state index < -0.39 is 11.8 Å². The molecule has 0 aliphatic carbocycles. The molecular formula is C13H18O3. The van der Waals surface area contributed by atoms with E-state index in [1.165, 1.54) is 0 Å². The first-order chi connectivity index (χ1) is 7.40. The third-order valence-corrected chi connectivity index (χ3v) is 1.90. The maximum atomic E-state index is 11.4. The van der Waals surface area contributed by atoms with Crippen LogP contribution in [0.1, 0.15) is 33.3 Å². The molecule has 16 heavy (non-hydrogen) atoms. The molecule has 0 saturated heterocycles. The molecule has 0 fully saturated rings. The molecule has 0 aliphatic rings. The Balaban J connectivity index is 2.62. The maximum absolute atomic E-state index is 11.4. The summed E-state index contributed by atoms with van der Waals surface area (Å²) in [6.07, 6.45) is 0.242. The fourth-order valence-electron chi connectivity index (χ4n) is 1.20. The highest BCUT2D eigenvalue weighted by Crippen LogP contribution is 2.16. The molecule has 3 heteroatoms. The van der Waals surface area contributed by atoms with Gasteiger partial charge in [0.2, 0.25) is 0 Å². The van der Waals surface area contributed by atoms with Gasteiger partial charge in [0.25, 0.3) is 0 Å². The number of hydrogen-bond acceptors (Lipinski definition) is 3. The lowest BCUT2D eigenvalue weighted by Crippen LogP contribution is -2.25. The van der Waals surface area contributed by atoms with Gasteiger partial charge >= 0.3 is 6.16 Å². The number of benzene rings is 1. The Kier molecular flexibility index (Phi) is 3.93. The lowest BCUT2D eigenvalue weighted by molar-refractivity contribution is 0.0206. The molecular weight excluding hydrogens is 204 g/mol. The van der Waals surface area contributed by atoms with E-state index >= 15 is 0 Å². The second-order valence-corrected chi connectivity index (χ2v) is 4.57. The third-order valence-electron chi connectivity index (χ3n) is 1.90. The van der Waals surface area contributed by atoms with Crippen molar-refractivity contribution in [1.82, 2.24) is 0 Å². The fraction of sp³-hybridized carbons (Fsp3) is 0.462. The lowest BCUT2D eigenvalue weighted by atomic mass is 10.2. The van der Waals surface area contributed by atoms with Gasteiger partial charge in [-0.25, -0.2) is 4.79 Å². The molecule has 0 N–H and O–H groups in total. The van der Waals surface area contributed by atoms with Gasteiger partial charge in [-0.1, -0.05) is 19.1 Å². The maximum Gasteiger partial charge on any atom is 0.514 e. The Hall–Kier alpha value is -1.51. The van der Waals surface area contributed by atoms with Crippen LogP contribution in [0.25, 0.3) is 0 Å². The number of rotatable bonds is 2. The zero-order chi connectivity index (χ0) is 12.2. The van der Waals surface area contributed by atoms with Crippen LogP contribution >= 0.6 is 0 Å². The highest BCUT2D eigenvalue weighted by atomic mass is 16.7. The summed E-state index contributed by atoms with van der Waals surface area (Å²) in [5.74, 6) is 0.522. The van der Waals surface area contributed by atoms with E-state index in [4.69, 9.17) is 9.47 Å². The van der Waals surface area contributed by atoms with Crippen molar-refractivity contribution in [3.8, 4) is 5.75 Å². The van der Waals surface area contributed by atoms with Crippen LogP contribution in [0.4, 0.5) is 4.79 Å². The molecule has 0 spiro atoms. The highest BCUT2D eigenvalue weighted by molar-refractivity contribution is 5.64. The number of aryl methyl sites for hydroxylation is 1. The molecule has 1 rings (SSSR count). The molecule has 0 amide bonds. The molecule has 0 atom stereocenters. The number of carbonyl (C=O) groups is 1. The second kappa shape index (κ2) is 5.01. The summed E-state index contributed by atoms with van der Waals surface area (Å²) in [6.45, 7) is 7.46. The molecule has 0 unspecified atom stereocenters. The molecule has 88 valence electrons. The van der Waals surface area contributed by atoms with Crippen molar-refractivity contribution >= 4 is 6.16 Å². The van der Waals surface area contributed by atoms with Gasteiger partial charge in [0.05, 0.1) is 0 Å². The summed E-state index contributed by atoms with van der Waals surface area (Å²) >= 11 is 0. The third kappa shape index (κ3) is 4.34. The molecule has 1 aromatic rings. The summed E-state index contributed by atoms with van der Waals surface area (Å²) in [6, 6.07) is 7.42. The molecule has 0 aliphatic heterocycles. The van der Waals surface area contributed by atoms with Crippen LogP contribution in [-0.4, -0.2) is 11.8 Å². The minimum atomic E-state index is -0.666. The van der Waals surface area contributed by atoms with Crippen molar-refractivity contribution in [2.75, 3.05) is 0 Å². The normalized spacial score (nSPS) is 11.0. The fourth-order valence-corrected chi connectivity index (χ4v) is 1.20. The van der Waals surface area contributed by atoms with E-state index in [2.05, 4.69) is 0 Å². The molecule has 0 heterocycles. The molecule has 0 saturated carbocycles. The zero-order valence-corrected chi connectivity index (χ0v) is 10.2. The quantitative estimate of drug-likeness (QED) is 0.567. The Bertz CT molecular complexity index is 364. The largest absolute Gasteiger partial charge is 0.514 e. The standard InChI is InChI=1S/C13H18O3/c1-5-10-7-6-8-11(9-10)15-12(14)16-13(2,3)4/h6-9H,5H2,1-4H3. The van der Waals surface area contributed by atoms with Crippen LogP contribution < -0.4 is 4.74 Å². The summed E-state index contributed by atoms with van der Waals surface area (Å²) < 4.78 is 10.1.